The molecule has 0 atom stereocenters. The van der Waals surface area contributed by atoms with Gasteiger partial charge in [-0.2, -0.15) is 0 Å². The molecule has 2 aromatic heterocycles. The molecule has 188 valence electrons. The Kier molecular flexibility index (Phi) is 5.34. The summed E-state index contributed by atoms with van der Waals surface area (Å²) in [4.78, 5) is 12.5. The second-order valence-electron chi connectivity index (χ2n) is 10.9. The summed E-state index contributed by atoms with van der Waals surface area (Å²) in [5, 5.41) is 2.24. The van der Waals surface area contributed by atoms with E-state index in [0.29, 0.717) is 0 Å². The van der Waals surface area contributed by atoms with Crippen molar-refractivity contribution >= 4 is 33.6 Å². The number of aromatic nitrogens is 2. The zero-order valence-corrected chi connectivity index (χ0v) is 22.5. The van der Waals surface area contributed by atoms with Crippen LogP contribution < -0.4 is 0 Å². The van der Waals surface area contributed by atoms with Crippen molar-refractivity contribution in [2.45, 2.75) is 47.3 Å². The van der Waals surface area contributed by atoms with E-state index in [2.05, 4.69) is 102 Å². The molecule has 0 bridgehead atoms. The minimum absolute atomic E-state index is 0.150. The Morgan fingerprint density at radius 2 is 1.28 bits per heavy atom. The van der Waals surface area contributed by atoms with Crippen LogP contribution in [0.25, 0.3) is 44.2 Å². The SMILES string of the molecule is c1ccc2c(c1)Sc1ccc(-c3ccc(-c4ccc5ccc6cccnc6c5n4)cc3)cc1C21CCCCC1. The summed E-state index contributed by atoms with van der Waals surface area (Å²) in [6, 6.07) is 37.8. The van der Waals surface area contributed by atoms with Gasteiger partial charge in [-0.05, 0) is 65.4 Å². The van der Waals surface area contributed by atoms with Gasteiger partial charge in [0.25, 0.3) is 0 Å². The Morgan fingerprint density at radius 3 is 2.15 bits per heavy atom. The first-order chi connectivity index (χ1) is 19.3. The Morgan fingerprint density at radius 1 is 0.564 bits per heavy atom. The predicted octanol–water partition coefficient (Wildman–Crippen LogP) is 9.83. The Bertz CT molecular complexity index is 1870. The van der Waals surface area contributed by atoms with Gasteiger partial charge in [0.1, 0.15) is 0 Å². The van der Waals surface area contributed by atoms with Gasteiger partial charge >= 0.3 is 0 Å². The van der Waals surface area contributed by atoms with Crippen molar-refractivity contribution < 1.29 is 0 Å². The summed E-state index contributed by atoms with van der Waals surface area (Å²) in [6.45, 7) is 0. The van der Waals surface area contributed by atoms with Crippen molar-refractivity contribution in [3.8, 4) is 22.4 Å². The van der Waals surface area contributed by atoms with E-state index >= 15 is 0 Å². The number of benzene rings is 4. The molecule has 8 rings (SSSR count). The van der Waals surface area contributed by atoms with Crippen LogP contribution in [-0.4, -0.2) is 9.97 Å². The van der Waals surface area contributed by atoms with E-state index in [4.69, 9.17) is 4.98 Å². The molecule has 1 fully saturated rings. The number of pyridine rings is 2. The first-order valence-corrected chi connectivity index (χ1v) is 14.8. The summed E-state index contributed by atoms with van der Waals surface area (Å²) >= 11 is 1.94. The highest BCUT2D eigenvalue weighted by Gasteiger charge is 2.41. The van der Waals surface area contributed by atoms with Crippen LogP contribution in [-0.2, 0) is 5.41 Å². The highest BCUT2D eigenvalue weighted by molar-refractivity contribution is 7.99. The molecule has 1 spiro atoms. The standard InChI is InChI=1S/C36H28N2S/c1-4-20-36(21-5-1)29-8-2-3-9-32(29)39-33-19-17-28(23-30(33)36)24-10-12-25(13-11-24)31-18-16-27-15-14-26-7-6-22-37-34(26)35(27)38-31/h2-3,6-19,22-23H,1,4-5,20-21H2. The maximum Gasteiger partial charge on any atom is 0.0972 e. The molecule has 0 N–H and O–H groups in total. The molecule has 2 nitrogen and oxygen atoms in total. The monoisotopic (exact) mass is 520 g/mol. The van der Waals surface area contributed by atoms with Crippen molar-refractivity contribution in [1.82, 2.24) is 9.97 Å². The van der Waals surface area contributed by atoms with E-state index in [9.17, 15) is 0 Å². The Labute approximate surface area is 233 Å². The van der Waals surface area contributed by atoms with E-state index in [0.717, 1.165) is 33.1 Å². The van der Waals surface area contributed by atoms with Crippen LogP contribution in [0.2, 0.25) is 0 Å². The minimum atomic E-state index is 0.150. The minimum Gasteiger partial charge on any atom is -0.254 e. The van der Waals surface area contributed by atoms with Crippen molar-refractivity contribution in [1.29, 1.82) is 0 Å². The summed E-state index contributed by atoms with van der Waals surface area (Å²) in [5.74, 6) is 0. The van der Waals surface area contributed by atoms with Gasteiger partial charge in [0.2, 0.25) is 0 Å². The predicted molar refractivity (Wildman–Crippen MR) is 162 cm³/mol. The zero-order valence-electron chi connectivity index (χ0n) is 21.7. The summed E-state index contributed by atoms with van der Waals surface area (Å²) in [5.41, 5.74) is 9.79. The van der Waals surface area contributed by atoms with Gasteiger partial charge in [-0.15, -0.1) is 0 Å². The quantitative estimate of drug-likeness (QED) is 0.213. The average Bonchev–Trinajstić information content (AvgIpc) is 3.01. The number of hydrogen-bond donors (Lipinski definition) is 0. The smallest absolute Gasteiger partial charge is 0.0972 e. The summed E-state index contributed by atoms with van der Waals surface area (Å²) < 4.78 is 0. The largest absolute Gasteiger partial charge is 0.254 e. The van der Waals surface area contributed by atoms with E-state index in [1.165, 1.54) is 58.6 Å². The fourth-order valence-electron chi connectivity index (χ4n) is 6.80. The van der Waals surface area contributed by atoms with Crippen LogP contribution in [0.15, 0.2) is 119 Å². The van der Waals surface area contributed by atoms with E-state index in [1.807, 2.05) is 24.0 Å². The van der Waals surface area contributed by atoms with Crippen LogP contribution in [0.3, 0.4) is 0 Å². The summed E-state index contributed by atoms with van der Waals surface area (Å²) in [7, 11) is 0. The third-order valence-corrected chi connectivity index (χ3v) is 9.92. The van der Waals surface area contributed by atoms with Gasteiger partial charge in [-0.25, -0.2) is 4.98 Å². The summed E-state index contributed by atoms with van der Waals surface area (Å²) in [6.07, 6.45) is 8.30. The van der Waals surface area contributed by atoms with Crippen LogP contribution in [0, 0.1) is 0 Å². The highest BCUT2D eigenvalue weighted by atomic mass is 32.2. The van der Waals surface area contributed by atoms with Crippen molar-refractivity contribution in [2.75, 3.05) is 0 Å². The van der Waals surface area contributed by atoms with Gasteiger partial charge in [0.15, 0.2) is 0 Å². The lowest BCUT2D eigenvalue weighted by Gasteiger charge is -2.43. The number of fused-ring (bicyclic) bond motifs is 7. The topological polar surface area (TPSA) is 25.8 Å². The van der Waals surface area contributed by atoms with E-state index in [1.54, 1.807) is 5.56 Å². The molecular formula is C36H28N2S. The fraction of sp³-hybridized carbons (Fsp3) is 0.167. The fourth-order valence-corrected chi connectivity index (χ4v) is 8.06. The first-order valence-electron chi connectivity index (χ1n) is 14.0. The Balaban J connectivity index is 1.18. The number of hydrogen-bond acceptors (Lipinski definition) is 3. The van der Waals surface area contributed by atoms with Crippen molar-refractivity contribution in [2.24, 2.45) is 0 Å². The molecule has 1 aliphatic heterocycles. The maximum absolute atomic E-state index is 5.05. The second-order valence-corrected chi connectivity index (χ2v) is 12.0. The van der Waals surface area contributed by atoms with Crippen LogP contribution >= 0.6 is 11.8 Å². The van der Waals surface area contributed by atoms with Gasteiger partial charge < -0.3 is 0 Å². The molecule has 0 unspecified atom stereocenters. The second kappa shape index (κ2) is 9.07. The van der Waals surface area contributed by atoms with E-state index in [-0.39, 0.29) is 5.41 Å². The normalized spacial score (nSPS) is 15.8. The van der Waals surface area contributed by atoms with Crippen LogP contribution in [0.4, 0.5) is 0 Å². The van der Waals surface area contributed by atoms with Gasteiger partial charge in [-0.1, -0.05) is 104 Å². The van der Waals surface area contributed by atoms with Gasteiger partial charge in [-0.3, -0.25) is 4.98 Å². The average molecular weight is 521 g/mol. The molecule has 1 saturated carbocycles. The lowest BCUT2D eigenvalue weighted by atomic mass is 9.65. The molecule has 0 saturated heterocycles. The molecule has 0 radical (unpaired) electrons. The molecular weight excluding hydrogens is 492 g/mol. The molecule has 0 amide bonds. The first kappa shape index (κ1) is 23.0. The zero-order chi connectivity index (χ0) is 25.8. The maximum atomic E-state index is 5.05. The lowest BCUT2D eigenvalue weighted by molar-refractivity contribution is 0.335. The molecule has 2 aliphatic rings. The van der Waals surface area contributed by atoms with Gasteiger partial charge in [0, 0.05) is 37.7 Å². The number of nitrogens with zero attached hydrogens (tertiary/aromatic N) is 2. The van der Waals surface area contributed by atoms with Gasteiger partial charge in [0.05, 0.1) is 16.7 Å². The van der Waals surface area contributed by atoms with E-state index < -0.39 is 0 Å². The van der Waals surface area contributed by atoms with Crippen LogP contribution in [0.1, 0.15) is 43.2 Å². The molecule has 6 aromatic rings. The molecule has 3 heterocycles. The van der Waals surface area contributed by atoms with Crippen molar-refractivity contribution in [3.63, 3.8) is 0 Å². The lowest BCUT2D eigenvalue weighted by Crippen LogP contribution is -2.33. The number of rotatable bonds is 2. The Hall–Kier alpha value is -3.95. The molecule has 4 aromatic carbocycles. The third-order valence-electron chi connectivity index (χ3n) is 8.77. The third kappa shape index (κ3) is 3.71. The molecule has 1 aliphatic carbocycles. The highest BCUT2D eigenvalue weighted by Crippen LogP contribution is 2.55. The molecule has 3 heteroatoms. The van der Waals surface area contributed by atoms with Crippen LogP contribution in [0.5, 0.6) is 0 Å². The molecule has 39 heavy (non-hydrogen) atoms. The van der Waals surface area contributed by atoms with Crippen molar-refractivity contribution in [3.05, 3.63) is 120 Å².